The van der Waals surface area contributed by atoms with Gasteiger partial charge in [-0.15, -0.1) is 11.3 Å². The number of carboxylic acid groups (broad SMARTS) is 1. The van der Waals surface area contributed by atoms with E-state index in [-0.39, 0.29) is 11.1 Å². The minimum Gasteiger partial charge on any atom is -0.481 e. The van der Waals surface area contributed by atoms with E-state index in [1.54, 1.807) is 0 Å². The highest BCUT2D eigenvalue weighted by atomic mass is 32.1. The van der Waals surface area contributed by atoms with Crippen LogP contribution in [0.5, 0.6) is 0 Å². The van der Waals surface area contributed by atoms with Gasteiger partial charge in [0.1, 0.15) is 16.9 Å². The average molecular weight is 344 g/mol. The molecule has 0 fully saturated rings. The molecule has 3 rings (SSSR count). The summed E-state index contributed by atoms with van der Waals surface area (Å²) in [5.74, 6) is -2.75. The van der Waals surface area contributed by atoms with E-state index in [4.69, 9.17) is 0 Å². The molecule has 1 aromatic heterocycles. The molecule has 1 aromatic carbocycles. The smallest absolute Gasteiger partial charge is 0.311 e. The maximum absolute atomic E-state index is 13.2. The van der Waals surface area contributed by atoms with E-state index in [0.717, 1.165) is 17.4 Å². The van der Waals surface area contributed by atoms with Crippen LogP contribution < -0.4 is 5.32 Å². The topological polar surface area (TPSA) is 90.2 Å². The fraction of sp³-hybridized carbons (Fsp3) is 0.235. The van der Waals surface area contributed by atoms with E-state index in [9.17, 15) is 24.3 Å². The molecule has 0 saturated heterocycles. The van der Waals surface area contributed by atoms with Crippen LogP contribution in [0.15, 0.2) is 24.3 Å². The summed E-state index contributed by atoms with van der Waals surface area (Å²) in [5.41, 5.74) is 0.850. The zero-order chi connectivity index (χ0) is 17.3. The average Bonchev–Trinajstić information content (AvgIpc) is 2.91. The number of hydrogen-bond donors (Lipinski definition) is 2. The number of carboxylic acids is 1. The van der Waals surface area contributed by atoms with Gasteiger partial charge in [0.2, 0.25) is 0 Å². The van der Waals surface area contributed by atoms with Crippen molar-refractivity contribution in [2.45, 2.75) is 25.2 Å². The first-order chi connectivity index (χ1) is 11.5. The molecule has 1 heterocycles. The van der Waals surface area contributed by atoms with Gasteiger partial charge < -0.3 is 10.4 Å². The SMILES string of the molecule is N#Cc1c(NC(=O)c2cccc(F)c2)sc2c1C(C(=O)O)CCC2. The first-order valence-electron chi connectivity index (χ1n) is 7.36. The van der Waals surface area contributed by atoms with Crippen LogP contribution >= 0.6 is 11.3 Å². The Bertz CT molecular complexity index is 869. The van der Waals surface area contributed by atoms with E-state index in [1.807, 2.05) is 6.07 Å². The van der Waals surface area contributed by atoms with E-state index < -0.39 is 23.6 Å². The number of nitrogens with one attached hydrogen (secondary N) is 1. The van der Waals surface area contributed by atoms with Crippen LogP contribution in [0.25, 0.3) is 0 Å². The second-order valence-electron chi connectivity index (χ2n) is 5.50. The largest absolute Gasteiger partial charge is 0.481 e. The highest BCUT2D eigenvalue weighted by Gasteiger charge is 2.33. The number of rotatable bonds is 3. The van der Waals surface area contributed by atoms with Gasteiger partial charge in [0, 0.05) is 16.0 Å². The number of carbonyl (C=O) groups is 2. The van der Waals surface area contributed by atoms with Crippen molar-refractivity contribution in [1.82, 2.24) is 0 Å². The molecule has 7 heteroatoms. The summed E-state index contributed by atoms with van der Waals surface area (Å²) >= 11 is 1.22. The van der Waals surface area contributed by atoms with Gasteiger partial charge in [-0.25, -0.2) is 4.39 Å². The number of hydrogen-bond acceptors (Lipinski definition) is 4. The van der Waals surface area contributed by atoms with Gasteiger partial charge in [-0.1, -0.05) is 6.07 Å². The number of carbonyl (C=O) groups excluding carboxylic acids is 1. The molecule has 1 atom stereocenters. The van der Waals surface area contributed by atoms with E-state index in [1.165, 1.54) is 29.5 Å². The summed E-state index contributed by atoms with van der Waals surface area (Å²) in [6.45, 7) is 0. The first kappa shape index (κ1) is 16.1. The molecule has 2 aromatic rings. The van der Waals surface area contributed by atoms with Crippen LogP contribution in [-0.2, 0) is 11.2 Å². The maximum atomic E-state index is 13.2. The zero-order valence-electron chi connectivity index (χ0n) is 12.5. The highest BCUT2D eigenvalue weighted by Crippen LogP contribution is 2.43. The molecule has 5 nitrogen and oxygen atoms in total. The Labute approximate surface area is 141 Å². The third-order valence-electron chi connectivity index (χ3n) is 3.99. The maximum Gasteiger partial charge on any atom is 0.311 e. The molecule has 1 unspecified atom stereocenters. The molecule has 0 bridgehead atoms. The van der Waals surface area contributed by atoms with Gasteiger partial charge in [0.25, 0.3) is 5.91 Å². The van der Waals surface area contributed by atoms with Gasteiger partial charge in [0.15, 0.2) is 0 Å². The number of aliphatic carboxylic acids is 1. The molecular weight excluding hydrogens is 331 g/mol. The molecule has 0 spiro atoms. The highest BCUT2D eigenvalue weighted by molar-refractivity contribution is 7.16. The van der Waals surface area contributed by atoms with Crippen LogP contribution in [0.2, 0.25) is 0 Å². The molecular formula is C17H13FN2O3S. The van der Waals surface area contributed by atoms with Crippen molar-refractivity contribution in [2.75, 3.05) is 5.32 Å². The van der Waals surface area contributed by atoms with Crippen molar-refractivity contribution in [3.05, 3.63) is 51.7 Å². The minimum absolute atomic E-state index is 0.139. The third-order valence-corrected chi connectivity index (χ3v) is 5.17. The number of thiophene rings is 1. The Morgan fingerprint density at radius 3 is 2.88 bits per heavy atom. The fourth-order valence-corrected chi connectivity index (χ4v) is 4.16. The van der Waals surface area contributed by atoms with Crippen molar-refractivity contribution in [3.63, 3.8) is 0 Å². The monoisotopic (exact) mass is 344 g/mol. The Morgan fingerprint density at radius 2 is 2.21 bits per heavy atom. The Balaban J connectivity index is 1.97. The lowest BCUT2D eigenvalue weighted by atomic mass is 9.85. The van der Waals surface area contributed by atoms with Crippen molar-refractivity contribution in [2.24, 2.45) is 0 Å². The van der Waals surface area contributed by atoms with Crippen LogP contribution in [0, 0.1) is 17.1 Å². The van der Waals surface area contributed by atoms with Gasteiger partial charge in [-0.05, 0) is 37.5 Å². The lowest BCUT2D eigenvalue weighted by molar-refractivity contribution is -0.139. The molecule has 0 aliphatic heterocycles. The second kappa shape index (κ2) is 6.42. The summed E-state index contributed by atoms with van der Waals surface area (Å²) in [5, 5.41) is 21.8. The van der Waals surface area contributed by atoms with Gasteiger partial charge in [-0.2, -0.15) is 5.26 Å². The zero-order valence-corrected chi connectivity index (χ0v) is 13.3. The number of benzene rings is 1. The molecule has 122 valence electrons. The third kappa shape index (κ3) is 2.88. The van der Waals surface area contributed by atoms with Gasteiger partial charge >= 0.3 is 5.97 Å². The Hall–Kier alpha value is -2.72. The number of halogens is 1. The standard InChI is InChI=1S/C17H13FN2O3S/c18-10-4-1-3-9(7-10)15(21)20-16-12(8-19)14-11(17(22)23)5-2-6-13(14)24-16/h1,3-4,7,11H,2,5-6H2,(H,20,21)(H,22,23). The number of aryl methyl sites for hydroxylation is 1. The van der Waals surface area contributed by atoms with Gasteiger partial charge in [0.05, 0.1) is 11.5 Å². The molecule has 1 aliphatic carbocycles. The number of nitrogens with zero attached hydrogens (tertiary/aromatic N) is 1. The summed E-state index contributed by atoms with van der Waals surface area (Å²) in [4.78, 5) is 24.5. The second-order valence-corrected chi connectivity index (χ2v) is 6.61. The van der Waals surface area contributed by atoms with E-state index >= 15 is 0 Å². The number of amides is 1. The summed E-state index contributed by atoms with van der Waals surface area (Å²) in [6.07, 6.45) is 1.89. The lowest BCUT2D eigenvalue weighted by Crippen LogP contribution is -2.17. The normalized spacial score (nSPS) is 16.1. The van der Waals surface area contributed by atoms with Crippen molar-refractivity contribution in [1.29, 1.82) is 5.26 Å². The van der Waals surface area contributed by atoms with Crippen LogP contribution in [-0.4, -0.2) is 17.0 Å². The molecule has 24 heavy (non-hydrogen) atoms. The Kier molecular flexibility index (Phi) is 4.32. The van der Waals surface area contributed by atoms with Crippen molar-refractivity contribution in [3.8, 4) is 6.07 Å². The molecule has 1 aliphatic rings. The molecule has 1 amide bonds. The quantitative estimate of drug-likeness (QED) is 0.891. The fourth-order valence-electron chi connectivity index (χ4n) is 2.91. The molecule has 0 radical (unpaired) electrons. The number of nitriles is 1. The Morgan fingerprint density at radius 1 is 1.42 bits per heavy atom. The van der Waals surface area contributed by atoms with Gasteiger partial charge in [-0.3, -0.25) is 9.59 Å². The summed E-state index contributed by atoms with van der Waals surface area (Å²) in [7, 11) is 0. The predicted molar refractivity (Wildman–Crippen MR) is 86.7 cm³/mol. The number of fused-ring (bicyclic) bond motifs is 1. The molecule has 0 saturated carbocycles. The van der Waals surface area contributed by atoms with Crippen molar-refractivity contribution < 1.29 is 19.1 Å². The van der Waals surface area contributed by atoms with Crippen LogP contribution in [0.3, 0.4) is 0 Å². The lowest BCUT2D eigenvalue weighted by Gasteiger charge is -2.18. The minimum atomic E-state index is -0.965. The number of anilines is 1. The van der Waals surface area contributed by atoms with Crippen molar-refractivity contribution >= 4 is 28.2 Å². The van der Waals surface area contributed by atoms with Crippen LogP contribution in [0.1, 0.15) is 45.1 Å². The van der Waals surface area contributed by atoms with E-state index in [0.29, 0.717) is 23.4 Å². The first-order valence-corrected chi connectivity index (χ1v) is 8.18. The van der Waals surface area contributed by atoms with E-state index in [2.05, 4.69) is 5.32 Å². The van der Waals surface area contributed by atoms with Crippen LogP contribution in [0.4, 0.5) is 9.39 Å². The molecule has 2 N–H and O–H groups in total. The summed E-state index contributed by atoms with van der Waals surface area (Å²) in [6, 6.07) is 7.25. The predicted octanol–water partition coefficient (Wildman–Crippen LogP) is 3.52. The summed E-state index contributed by atoms with van der Waals surface area (Å²) < 4.78 is 13.2.